The molecule has 0 saturated carbocycles. The lowest BCUT2D eigenvalue weighted by atomic mass is 10.2. The molecule has 186 valence electrons. The fraction of sp³-hybridized carbons (Fsp3) is 0.360. The third kappa shape index (κ3) is 6.82. The first-order chi connectivity index (χ1) is 16.8. The molecule has 10 heteroatoms. The summed E-state index contributed by atoms with van der Waals surface area (Å²) in [4.78, 5) is 13.9. The van der Waals surface area contributed by atoms with Crippen LogP contribution in [0.5, 0.6) is 0 Å². The second-order valence-corrected chi connectivity index (χ2v) is 8.60. The predicted octanol–water partition coefficient (Wildman–Crippen LogP) is 4.94. The number of amides is 2. The lowest BCUT2D eigenvalue weighted by Crippen LogP contribution is -2.41. The molecule has 1 aliphatic carbocycles. The number of nitrogens with zero attached hydrogens (tertiary/aromatic N) is 3. The van der Waals surface area contributed by atoms with Crippen LogP contribution in [-0.2, 0) is 12.8 Å². The van der Waals surface area contributed by atoms with E-state index in [1.165, 1.54) is 17.0 Å². The van der Waals surface area contributed by atoms with Gasteiger partial charge >= 0.3 is 12.2 Å². The average Bonchev–Trinajstić information content (AvgIpc) is 3.52. The fourth-order valence-corrected chi connectivity index (χ4v) is 4.37. The summed E-state index contributed by atoms with van der Waals surface area (Å²) in [6.45, 7) is -0.425. The molecular formula is C25H27F4N5O. The molecule has 1 fully saturated rings. The highest BCUT2D eigenvalue weighted by Gasteiger charge is 2.35. The van der Waals surface area contributed by atoms with Crippen LogP contribution in [0.25, 0.3) is 5.69 Å². The van der Waals surface area contributed by atoms with Crippen molar-refractivity contribution in [3.8, 4) is 5.69 Å². The quantitative estimate of drug-likeness (QED) is 0.510. The first-order valence-electron chi connectivity index (χ1n) is 11.5. The molecule has 1 aliphatic heterocycles. The van der Waals surface area contributed by atoms with Crippen LogP contribution in [0.4, 0.5) is 28.2 Å². The van der Waals surface area contributed by atoms with Crippen molar-refractivity contribution in [2.24, 2.45) is 0 Å². The van der Waals surface area contributed by atoms with Crippen molar-refractivity contribution in [2.75, 3.05) is 25.0 Å². The van der Waals surface area contributed by atoms with E-state index in [9.17, 15) is 22.4 Å². The summed E-state index contributed by atoms with van der Waals surface area (Å²) in [7, 11) is 0. The summed E-state index contributed by atoms with van der Waals surface area (Å²) in [5.74, 6) is 0.462. The number of carbonyl (C=O) groups excluding carboxylic acids is 1. The van der Waals surface area contributed by atoms with E-state index in [4.69, 9.17) is 0 Å². The summed E-state index contributed by atoms with van der Waals surface area (Å²) in [5.41, 5.74) is 2.87. The Bertz CT molecular complexity index is 1120. The molecule has 1 atom stereocenters. The van der Waals surface area contributed by atoms with E-state index in [1.807, 2.05) is 30.3 Å². The number of aromatic nitrogens is 2. The molecule has 1 unspecified atom stereocenters. The van der Waals surface area contributed by atoms with Crippen molar-refractivity contribution in [2.45, 2.75) is 37.9 Å². The summed E-state index contributed by atoms with van der Waals surface area (Å²) in [5, 5.41) is 10.3. The maximum atomic E-state index is 12.5. The Morgan fingerprint density at radius 1 is 1.03 bits per heavy atom. The van der Waals surface area contributed by atoms with Crippen molar-refractivity contribution in [1.29, 1.82) is 0 Å². The molecule has 1 saturated heterocycles. The SMILES string of the molecule is Fc1ccccc1.O=C(Nc1c2c(nn1-c1ccccc1)CCC2)NC1CCN(CC(F)(F)F)C1. The Morgan fingerprint density at radius 2 is 1.71 bits per heavy atom. The van der Waals surface area contributed by atoms with Gasteiger partial charge in [0.05, 0.1) is 17.9 Å². The molecule has 3 aromatic rings. The van der Waals surface area contributed by atoms with Gasteiger partial charge in [-0.05, 0) is 49.9 Å². The van der Waals surface area contributed by atoms with Gasteiger partial charge in [0, 0.05) is 24.7 Å². The molecule has 0 radical (unpaired) electrons. The Morgan fingerprint density at radius 3 is 2.34 bits per heavy atom. The van der Waals surface area contributed by atoms with E-state index in [1.54, 1.807) is 22.9 Å². The first kappa shape index (κ1) is 24.7. The minimum absolute atomic E-state index is 0.178. The molecule has 1 aromatic heterocycles. The van der Waals surface area contributed by atoms with Crippen LogP contribution in [0.3, 0.4) is 0 Å². The lowest BCUT2D eigenvalue weighted by Gasteiger charge is -2.18. The largest absolute Gasteiger partial charge is 0.401 e. The number of hydrogen-bond acceptors (Lipinski definition) is 3. The van der Waals surface area contributed by atoms with E-state index in [2.05, 4.69) is 15.7 Å². The lowest BCUT2D eigenvalue weighted by molar-refractivity contribution is -0.143. The van der Waals surface area contributed by atoms with Gasteiger partial charge in [-0.1, -0.05) is 36.4 Å². The molecule has 0 bridgehead atoms. The van der Waals surface area contributed by atoms with E-state index in [0.717, 1.165) is 36.2 Å². The van der Waals surface area contributed by atoms with E-state index in [0.29, 0.717) is 18.8 Å². The number of benzene rings is 2. The number of fused-ring (bicyclic) bond motifs is 1. The normalized spacial score (nSPS) is 17.4. The Balaban J connectivity index is 0.000000356. The standard InChI is InChI=1S/C19H22F3N5O.C6H5F/c20-19(21,22)12-26-10-9-13(11-26)23-18(28)24-17-15-7-4-8-16(15)25-27(17)14-5-2-1-3-6-14;7-6-4-2-1-3-5-6/h1-3,5-6,13H,4,7-12H2,(H2,23,24,28);1-5H. The summed E-state index contributed by atoms with van der Waals surface area (Å²) in [6.07, 6.45) is -1.00. The number of para-hydroxylation sites is 1. The van der Waals surface area contributed by atoms with Gasteiger partial charge in [0.15, 0.2) is 0 Å². The van der Waals surface area contributed by atoms with E-state index < -0.39 is 18.8 Å². The minimum atomic E-state index is -4.22. The number of likely N-dealkylation sites (tertiary alicyclic amines) is 1. The van der Waals surface area contributed by atoms with Gasteiger partial charge < -0.3 is 5.32 Å². The third-order valence-electron chi connectivity index (χ3n) is 5.88. The number of carbonyl (C=O) groups is 1. The van der Waals surface area contributed by atoms with Crippen molar-refractivity contribution in [3.05, 3.63) is 77.7 Å². The van der Waals surface area contributed by atoms with Crippen molar-refractivity contribution in [3.63, 3.8) is 0 Å². The number of urea groups is 1. The predicted molar refractivity (Wildman–Crippen MR) is 125 cm³/mol. The number of rotatable bonds is 4. The minimum Gasteiger partial charge on any atom is -0.334 e. The molecule has 2 aromatic carbocycles. The summed E-state index contributed by atoms with van der Waals surface area (Å²) < 4.78 is 51.2. The van der Waals surface area contributed by atoms with Crippen molar-refractivity contribution in [1.82, 2.24) is 20.0 Å². The molecule has 2 N–H and O–H groups in total. The van der Waals surface area contributed by atoms with Crippen LogP contribution >= 0.6 is 0 Å². The maximum absolute atomic E-state index is 12.5. The smallest absolute Gasteiger partial charge is 0.334 e. The highest BCUT2D eigenvalue weighted by molar-refractivity contribution is 5.90. The number of hydrogen-bond donors (Lipinski definition) is 2. The highest BCUT2D eigenvalue weighted by Crippen LogP contribution is 2.31. The van der Waals surface area contributed by atoms with E-state index >= 15 is 0 Å². The van der Waals surface area contributed by atoms with Crippen molar-refractivity contribution >= 4 is 11.8 Å². The zero-order valence-electron chi connectivity index (χ0n) is 19.1. The van der Waals surface area contributed by atoms with Gasteiger partial charge in [-0.25, -0.2) is 13.9 Å². The van der Waals surface area contributed by atoms with Gasteiger partial charge in [-0.15, -0.1) is 0 Å². The number of alkyl halides is 3. The zero-order chi connectivity index (χ0) is 24.8. The fourth-order valence-electron chi connectivity index (χ4n) is 4.37. The molecule has 6 nitrogen and oxygen atoms in total. The second-order valence-electron chi connectivity index (χ2n) is 8.60. The number of halogens is 4. The van der Waals surface area contributed by atoms with Crippen LogP contribution in [0, 0.1) is 5.82 Å². The van der Waals surface area contributed by atoms with Gasteiger partial charge in [-0.2, -0.15) is 18.3 Å². The molecule has 2 amide bonds. The maximum Gasteiger partial charge on any atom is 0.401 e. The van der Waals surface area contributed by atoms with Crippen LogP contribution < -0.4 is 10.6 Å². The topological polar surface area (TPSA) is 62.2 Å². The van der Waals surface area contributed by atoms with Crippen LogP contribution in [0.15, 0.2) is 60.7 Å². The van der Waals surface area contributed by atoms with Gasteiger partial charge in [0.25, 0.3) is 0 Å². The highest BCUT2D eigenvalue weighted by atomic mass is 19.4. The monoisotopic (exact) mass is 489 g/mol. The molecule has 5 rings (SSSR count). The number of aryl methyl sites for hydroxylation is 1. The van der Waals surface area contributed by atoms with Gasteiger partial charge in [0.1, 0.15) is 11.6 Å². The molecule has 2 aliphatic rings. The molecule has 35 heavy (non-hydrogen) atoms. The number of anilines is 1. The molecule has 0 spiro atoms. The van der Waals surface area contributed by atoms with Crippen LogP contribution in [0.2, 0.25) is 0 Å². The Labute approximate surface area is 200 Å². The summed E-state index contributed by atoms with van der Waals surface area (Å²) >= 11 is 0. The first-order valence-corrected chi connectivity index (χ1v) is 11.5. The molecule has 2 heterocycles. The van der Waals surface area contributed by atoms with Crippen LogP contribution in [0.1, 0.15) is 24.1 Å². The zero-order valence-corrected chi connectivity index (χ0v) is 19.1. The molecular weight excluding hydrogens is 462 g/mol. The van der Waals surface area contributed by atoms with Crippen molar-refractivity contribution < 1.29 is 22.4 Å². The summed E-state index contributed by atoms with van der Waals surface area (Å²) in [6, 6.07) is 16.8. The van der Waals surface area contributed by atoms with Crippen LogP contribution in [-0.4, -0.2) is 52.6 Å². The van der Waals surface area contributed by atoms with Gasteiger partial charge in [0.2, 0.25) is 0 Å². The third-order valence-corrected chi connectivity index (χ3v) is 5.88. The second kappa shape index (κ2) is 10.9. The van der Waals surface area contributed by atoms with E-state index in [-0.39, 0.29) is 18.4 Å². The average molecular weight is 490 g/mol. The number of nitrogens with one attached hydrogen (secondary N) is 2. The Hall–Kier alpha value is -3.40. The Kier molecular flexibility index (Phi) is 7.70. The van der Waals surface area contributed by atoms with Gasteiger partial charge in [-0.3, -0.25) is 10.2 Å².